The number of hydrogen-bond acceptors (Lipinski definition) is 4. The Bertz CT molecular complexity index is 1260. The van der Waals surface area contributed by atoms with E-state index in [1.807, 2.05) is 24.3 Å². The van der Waals surface area contributed by atoms with E-state index >= 15 is 0 Å². The van der Waals surface area contributed by atoms with Crippen LogP contribution >= 0.6 is 24.8 Å². The van der Waals surface area contributed by atoms with Crippen LogP contribution in [0.15, 0.2) is 72.8 Å². The second kappa shape index (κ2) is 16.1. The molecule has 0 radical (unpaired) electrons. The van der Waals surface area contributed by atoms with Crippen LogP contribution in [0.1, 0.15) is 75.1 Å². The van der Waals surface area contributed by atoms with Crippen molar-refractivity contribution in [2.45, 2.75) is 58.0 Å². The summed E-state index contributed by atoms with van der Waals surface area (Å²) in [6.45, 7) is 6.17. The van der Waals surface area contributed by atoms with Gasteiger partial charge in [-0.15, -0.1) is 24.8 Å². The van der Waals surface area contributed by atoms with Crippen molar-refractivity contribution in [3.05, 3.63) is 106 Å². The van der Waals surface area contributed by atoms with Gasteiger partial charge in [-0.3, -0.25) is 19.4 Å². The number of carbonyl (C=O) groups excluding carboxylic acids is 2. The highest BCUT2D eigenvalue weighted by Crippen LogP contribution is 2.25. The van der Waals surface area contributed by atoms with Crippen LogP contribution in [0.5, 0.6) is 0 Å². The SMILES string of the molecule is Cl.Cl.NC(=O)c1ccc(CN2CCC(CCCC(=O)c3ccc4c(c3)CCN(Cc3ccccc3)CC4)CC2)cc1. The summed E-state index contributed by atoms with van der Waals surface area (Å²) in [4.78, 5) is 29.3. The zero-order valence-corrected chi connectivity index (χ0v) is 25.4. The average molecular weight is 597 g/mol. The first-order chi connectivity index (χ1) is 19.0. The molecular weight excluding hydrogens is 553 g/mol. The van der Waals surface area contributed by atoms with Gasteiger partial charge in [-0.25, -0.2) is 0 Å². The van der Waals surface area contributed by atoms with Gasteiger partial charge in [0, 0.05) is 43.7 Å². The van der Waals surface area contributed by atoms with Gasteiger partial charge in [-0.1, -0.05) is 54.6 Å². The van der Waals surface area contributed by atoms with Crippen molar-refractivity contribution >= 4 is 36.5 Å². The predicted molar refractivity (Wildman–Crippen MR) is 171 cm³/mol. The highest BCUT2D eigenvalue weighted by atomic mass is 35.5. The van der Waals surface area contributed by atoms with Gasteiger partial charge >= 0.3 is 0 Å². The van der Waals surface area contributed by atoms with Gasteiger partial charge in [-0.2, -0.15) is 0 Å². The third-order valence-corrected chi connectivity index (χ3v) is 8.54. The molecule has 3 aromatic rings. The lowest BCUT2D eigenvalue weighted by atomic mass is 9.90. The number of nitrogens with zero attached hydrogens (tertiary/aromatic N) is 2. The van der Waals surface area contributed by atoms with Gasteiger partial charge in [0.25, 0.3) is 0 Å². The van der Waals surface area contributed by atoms with E-state index in [0.717, 1.165) is 70.5 Å². The van der Waals surface area contributed by atoms with E-state index in [4.69, 9.17) is 5.73 Å². The number of piperidine rings is 1. The fourth-order valence-corrected chi connectivity index (χ4v) is 6.11. The van der Waals surface area contributed by atoms with Crippen LogP contribution in [-0.2, 0) is 25.9 Å². The first-order valence-corrected chi connectivity index (χ1v) is 14.6. The fraction of sp³-hybridized carbons (Fsp3) is 0.412. The number of hydrogen-bond donors (Lipinski definition) is 1. The summed E-state index contributed by atoms with van der Waals surface area (Å²) in [5.74, 6) is 0.614. The highest BCUT2D eigenvalue weighted by molar-refractivity contribution is 5.96. The molecule has 0 bridgehead atoms. The Morgan fingerprint density at radius 1 is 0.707 bits per heavy atom. The largest absolute Gasteiger partial charge is 0.366 e. The summed E-state index contributed by atoms with van der Waals surface area (Å²) in [6, 6.07) is 24.8. The molecule has 5 rings (SSSR count). The molecule has 220 valence electrons. The maximum atomic E-state index is 13.0. The van der Waals surface area contributed by atoms with E-state index in [2.05, 4.69) is 58.3 Å². The minimum absolute atomic E-state index is 0. The second-order valence-corrected chi connectivity index (χ2v) is 11.3. The van der Waals surface area contributed by atoms with Crippen molar-refractivity contribution in [3.63, 3.8) is 0 Å². The molecule has 3 aromatic carbocycles. The zero-order valence-electron chi connectivity index (χ0n) is 23.8. The number of likely N-dealkylation sites (tertiary alicyclic amines) is 1. The van der Waals surface area contributed by atoms with E-state index in [9.17, 15) is 9.59 Å². The van der Waals surface area contributed by atoms with Crippen LogP contribution in [-0.4, -0.2) is 47.7 Å². The molecule has 0 atom stereocenters. The van der Waals surface area contributed by atoms with Crippen molar-refractivity contribution in [1.82, 2.24) is 9.80 Å². The van der Waals surface area contributed by atoms with Crippen LogP contribution in [0, 0.1) is 5.92 Å². The Kier molecular flexibility index (Phi) is 12.9. The summed E-state index contributed by atoms with van der Waals surface area (Å²) < 4.78 is 0. The average Bonchev–Trinajstić information content (AvgIpc) is 3.16. The number of rotatable bonds is 10. The molecule has 2 N–H and O–H groups in total. The van der Waals surface area contributed by atoms with Crippen molar-refractivity contribution in [3.8, 4) is 0 Å². The van der Waals surface area contributed by atoms with Gasteiger partial charge in [-0.05, 0) is 98.0 Å². The molecule has 5 nitrogen and oxygen atoms in total. The lowest BCUT2D eigenvalue weighted by Gasteiger charge is -2.32. The lowest BCUT2D eigenvalue weighted by molar-refractivity contribution is 0.0971. The standard InChI is InChI=1S/C34H41N3O2.2ClH/c35-34(39)30-11-9-28(10-12-30)25-36-19-15-26(16-20-36)7-4-8-33(38)32-14-13-29-17-21-37(22-18-31(29)23-32)24-27-5-2-1-3-6-27;;/h1-3,5-6,9-14,23,26H,4,7-8,15-22,24-25H2,(H2,35,39);2*1H. The minimum Gasteiger partial charge on any atom is -0.366 e. The van der Waals surface area contributed by atoms with E-state index in [0.29, 0.717) is 23.7 Å². The molecule has 2 heterocycles. The molecule has 7 heteroatoms. The van der Waals surface area contributed by atoms with Crippen LogP contribution < -0.4 is 5.73 Å². The minimum atomic E-state index is -0.381. The number of carbonyl (C=O) groups is 2. The Hall–Kier alpha value is -2.70. The Balaban J connectivity index is 0.00000231. The maximum Gasteiger partial charge on any atom is 0.248 e. The van der Waals surface area contributed by atoms with E-state index < -0.39 is 0 Å². The summed E-state index contributed by atoms with van der Waals surface area (Å²) in [6.07, 6.45) is 7.18. The molecule has 1 amide bonds. The summed E-state index contributed by atoms with van der Waals surface area (Å²) >= 11 is 0. The van der Waals surface area contributed by atoms with Crippen LogP contribution in [0.2, 0.25) is 0 Å². The molecule has 2 aliphatic rings. The van der Waals surface area contributed by atoms with Crippen LogP contribution in [0.3, 0.4) is 0 Å². The number of ketones is 1. The molecule has 2 aliphatic heterocycles. The summed E-state index contributed by atoms with van der Waals surface area (Å²) in [5, 5.41) is 0. The van der Waals surface area contributed by atoms with Crippen molar-refractivity contribution < 1.29 is 9.59 Å². The van der Waals surface area contributed by atoms with Gasteiger partial charge in [0.15, 0.2) is 5.78 Å². The fourth-order valence-electron chi connectivity index (χ4n) is 6.11. The quantitative estimate of drug-likeness (QED) is 0.272. The molecule has 0 unspecified atom stereocenters. The van der Waals surface area contributed by atoms with Crippen molar-refractivity contribution in [2.75, 3.05) is 26.2 Å². The number of nitrogens with two attached hydrogens (primary N) is 1. The first-order valence-electron chi connectivity index (χ1n) is 14.6. The van der Waals surface area contributed by atoms with Gasteiger partial charge in [0.2, 0.25) is 5.91 Å². The van der Waals surface area contributed by atoms with Gasteiger partial charge in [0.1, 0.15) is 0 Å². The molecule has 0 saturated carbocycles. The molecule has 0 spiro atoms. The lowest BCUT2D eigenvalue weighted by Crippen LogP contribution is -2.33. The third kappa shape index (κ3) is 9.40. The topological polar surface area (TPSA) is 66.6 Å². The van der Waals surface area contributed by atoms with Crippen LogP contribution in [0.25, 0.3) is 0 Å². The van der Waals surface area contributed by atoms with Crippen LogP contribution in [0.4, 0.5) is 0 Å². The summed E-state index contributed by atoms with van der Waals surface area (Å²) in [5.41, 5.74) is 12.1. The summed E-state index contributed by atoms with van der Waals surface area (Å²) in [7, 11) is 0. The molecule has 0 aliphatic carbocycles. The first kappa shape index (κ1) is 32.8. The van der Waals surface area contributed by atoms with E-state index in [1.165, 1.54) is 35.1 Å². The van der Waals surface area contributed by atoms with E-state index in [1.54, 1.807) is 0 Å². The maximum absolute atomic E-state index is 13.0. The van der Waals surface area contributed by atoms with E-state index in [-0.39, 0.29) is 30.7 Å². The number of Topliss-reactive ketones (excluding diaryl/α,β-unsaturated/α-hetero) is 1. The Morgan fingerprint density at radius 2 is 1.29 bits per heavy atom. The highest BCUT2D eigenvalue weighted by Gasteiger charge is 2.20. The molecule has 0 aromatic heterocycles. The predicted octanol–water partition coefficient (Wildman–Crippen LogP) is 6.50. The number of benzene rings is 3. The molecule has 1 fully saturated rings. The number of fused-ring (bicyclic) bond motifs is 1. The number of primary amides is 1. The Labute approximate surface area is 257 Å². The van der Waals surface area contributed by atoms with Gasteiger partial charge in [0.05, 0.1) is 0 Å². The van der Waals surface area contributed by atoms with Gasteiger partial charge < -0.3 is 5.73 Å². The van der Waals surface area contributed by atoms with Crippen molar-refractivity contribution in [2.24, 2.45) is 11.7 Å². The molecule has 41 heavy (non-hydrogen) atoms. The third-order valence-electron chi connectivity index (χ3n) is 8.54. The molecule has 1 saturated heterocycles. The second-order valence-electron chi connectivity index (χ2n) is 11.3. The van der Waals surface area contributed by atoms with Crippen molar-refractivity contribution in [1.29, 1.82) is 0 Å². The number of halogens is 2. The molecular formula is C34H43Cl2N3O2. The zero-order chi connectivity index (χ0) is 27.0. The monoisotopic (exact) mass is 595 g/mol. The smallest absolute Gasteiger partial charge is 0.248 e. The normalized spacial score (nSPS) is 16.1. The Morgan fingerprint density at radius 3 is 1.95 bits per heavy atom. The number of amides is 1.